The van der Waals surface area contributed by atoms with Gasteiger partial charge in [-0.2, -0.15) is 0 Å². The number of likely N-dealkylation sites (tertiary alicyclic amines) is 1. The van der Waals surface area contributed by atoms with E-state index in [4.69, 9.17) is 16.2 Å². The lowest BCUT2D eigenvalue weighted by molar-refractivity contribution is 0.0122. The van der Waals surface area contributed by atoms with Crippen molar-refractivity contribution in [3.63, 3.8) is 0 Å². The number of aliphatic hydroxyl groups excluding tert-OH is 1. The van der Waals surface area contributed by atoms with Crippen molar-refractivity contribution in [3.8, 4) is 0 Å². The molecule has 0 bridgehead atoms. The van der Waals surface area contributed by atoms with Crippen LogP contribution in [0, 0.1) is 5.41 Å². The van der Waals surface area contributed by atoms with Crippen molar-refractivity contribution < 1.29 is 5.11 Å². The Morgan fingerprint density at radius 2 is 2.33 bits per heavy atom. The molecule has 0 aliphatic carbocycles. The van der Waals surface area contributed by atoms with Crippen molar-refractivity contribution in [2.45, 2.75) is 6.10 Å². The maximum Gasteiger partial charge on any atom is 0.105 e. The van der Waals surface area contributed by atoms with Gasteiger partial charge in [-0.15, -0.1) is 0 Å². The highest BCUT2D eigenvalue weighted by molar-refractivity contribution is 5.79. The van der Waals surface area contributed by atoms with Gasteiger partial charge in [-0.05, 0) is 0 Å². The van der Waals surface area contributed by atoms with Crippen LogP contribution in [0.3, 0.4) is 0 Å². The Kier molecular flexibility index (Phi) is 1.68. The molecule has 0 aromatic rings. The minimum absolute atomic E-state index is 0.168. The lowest BCUT2D eigenvalue weighted by Crippen LogP contribution is -2.53. The van der Waals surface area contributed by atoms with Gasteiger partial charge in [0.15, 0.2) is 0 Å². The highest BCUT2D eigenvalue weighted by Gasteiger charge is 2.23. The Hall–Kier alpha value is -0.610. The molecule has 4 heteroatoms. The van der Waals surface area contributed by atoms with Gasteiger partial charge in [0, 0.05) is 13.1 Å². The van der Waals surface area contributed by atoms with Crippen LogP contribution >= 0.6 is 0 Å². The number of nitrogens with one attached hydrogen (secondary N) is 1. The van der Waals surface area contributed by atoms with E-state index >= 15 is 0 Å². The van der Waals surface area contributed by atoms with E-state index < -0.39 is 0 Å². The van der Waals surface area contributed by atoms with Gasteiger partial charge in [0.1, 0.15) is 5.84 Å². The van der Waals surface area contributed by atoms with Crippen molar-refractivity contribution in [2.24, 2.45) is 5.73 Å². The number of rotatable bonds is 2. The molecule has 4 N–H and O–H groups in total. The van der Waals surface area contributed by atoms with Gasteiger partial charge in [0.25, 0.3) is 0 Å². The highest BCUT2D eigenvalue weighted by Crippen LogP contribution is 2.04. The molecule has 1 saturated heterocycles. The molecule has 52 valence electrons. The molecule has 1 heterocycles. The van der Waals surface area contributed by atoms with E-state index in [9.17, 15) is 0 Å². The van der Waals surface area contributed by atoms with Gasteiger partial charge in [0.05, 0.1) is 12.6 Å². The van der Waals surface area contributed by atoms with Crippen molar-refractivity contribution in [1.82, 2.24) is 4.90 Å². The van der Waals surface area contributed by atoms with Crippen LogP contribution in [0.15, 0.2) is 0 Å². The third-order valence-corrected chi connectivity index (χ3v) is 1.33. The second-order valence-corrected chi connectivity index (χ2v) is 2.37. The van der Waals surface area contributed by atoms with Crippen LogP contribution in [0.25, 0.3) is 0 Å². The van der Waals surface area contributed by atoms with Gasteiger partial charge in [0.2, 0.25) is 0 Å². The third-order valence-electron chi connectivity index (χ3n) is 1.33. The Morgan fingerprint density at radius 3 is 2.67 bits per heavy atom. The first-order valence-corrected chi connectivity index (χ1v) is 2.92. The number of hydrogen-bond donors (Lipinski definition) is 3. The summed E-state index contributed by atoms with van der Waals surface area (Å²) in [6.07, 6.45) is -0.190. The fourth-order valence-corrected chi connectivity index (χ4v) is 0.913. The predicted octanol–water partition coefficient (Wildman–Crippen LogP) is -1.40. The van der Waals surface area contributed by atoms with E-state index in [2.05, 4.69) is 0 Å². The van der Waals surface area contributed by atoms with E-state index in [0.29, 0.717) is 19.6 Å². The van der Waals surface area contributed by atoms with Gasteiger partial charge in [-0.3, -0.25) is 10.3 Å². The first-order chi connectivity index (χ1) is 4.18. The second kappa shape index (κ2) is 2.33. The van der Waals surface area contributed by atoms with E-state index in [0.717, 1.165) is 0 Å². The average molecular weight is 129 g/mol. The summed E-state index contributed by atoms with van der Waals surface area (Å²) in [6, 6.07) is 0. The molecule has 1 aliphatic rings. The minimum atomic E-state index is -0.190. The summed E-state index contributed by atoms with van der Waals surface area (Å²) in [5.74, 6) is 0.168. The number of amidine groups is 1. The third kappa shape index (κ3) is 1.65. The normalized spacial score (nSPS) is 21.4. The van der Waals surface area contributed by atoms with Crippen molar-refractivity contribution in [1.29, 1.82) is 5.41 Å². The molecule has 4 nitrogen and oxygen atoms in total. The Morgan fingerprint density at radius 1 is 1.78 bits per heavy atom. The Balaban J connectivity index is 2.11. The molecule has 0 aromatic carbocycles. The van der Waals surface area contributed by atoms with Crippen LogP contribution in [0.1, 0.15) is 0 Å². The zero-order chi connectivity index (χ0) is 6.85. The highest BCUT2D eigenvalue weighted by atomic mass is 16.3. The average Bonchev–Trinajstić information content (AvgIpc) is 1.60. The molecule has 0 spiro atoms. The molecule has 0 aromatic heterocycles. The molecular weight excluding hydrogens is 118 g/mol. The van der Waals surface area contributed by atoms with Gasteiger partial charge >= 0.3 is 0 Å². The maximum atomic E-state index is 8.78. The first-order valence-electron chi connectivity index (χ1n) is 2.92. The van der Waals surface area contributed by atoms with Crippen LogP contribution in [0.5, 0.6) is 0 Å². The quantitative estimate of drug-likeness (QED) is 0.317. The predicted molar refractivity (Wildman–Crippen MR) is 34.4 cm³/mol. The van der Waals surface area contributed by atoms with E-state index in [1.807, 2.05) is 4.90 Å². The summed E-state index contributed by atoms with van der Waals surface area (Å²) in [5, 5.41) is 15.7. The van der Waals surface area contributed by atoms with Crippen LogP contribution in [-0.4, -0.2) is 41.6 Å². The smallest absolute Gasteiger partial charge is 0.105 e. The minimum Gasteiger partial charge on any atom is -0.390 e. The SMILES string of the molecule is N=C(N)CN1CC(O)C1. The fraction of sp³-hybridized carbons (Fsp3) is 0.800. The summed E-state index contributed by atoms with van der Waals surface area (Å²) in [6.45, 7) is 1.83. The molecule has 0 saturated carbocycles. The topological polar surface area (TPSA) is 73.3 Å². The van der Waals surface area contributed by atoms with Crippen LogP contribution in [-0.2, 0) is 0 Å². The standard InChI is InChI=1S/C5H11N3O/c6-5(7)3-8-1-4(9)2-8/h4,9H,1-3H2,(H3,6,7). The number of nitrogens with two attached hydrogens (primary N) is 1. The van der Waals surface area contributed by atoms with Gasteiger partial charge < -0.3 is 10.8 Å². The summed E-state index contributed by atoms with van der Waals surface area (Å²) < 4.78 is 0. The zero-order valence-corrected chi connectivity index (χ0v) is 5.17. The first kappa shape index (κ1) is 6.51. The van der Waals surface area contributed by atoms with E-state index in [1.54, 1.807) is 0 Å². The summed E-state index contributed by atoms with van der Waals surface area (Å²) >= 11 is 0. The van der Waals surface area contributed by atoms with E-state index in [1.165, 1.54) is 0 Å². The number of aliphatic hydroxyl groups is 1. The maximum absolute atomic E-state index is 8.78. The van der Waals surface area contributed by atoms with Gasteiger partial charge in [-0.25, -0.2) is 0 Å². The second-order valence-electron chi connectivity index (χ2n) is 2.37. The molecule has 1 rings (SSSR count). The number of hydrogen-bond acceptors (Lipinski definition) is 3. The molecule has 0 amide bonds. The van der Waals surface area contributed by atoms with Gasteiger partial charge in [-0.1, -0.05) is 0 Å². The molecule has 1 aliphatic heterocycles. The number of β-amino-alcohol motifs (C(OH)–C–C–N with tert-alkyl or cyclic N) is 1. The van der Waals surface area contributed by atoms with Crippen molar-refractivity contribution in [2.75, 3.05) is 19.6 Å². The summed E-state index contributed by atoms with van der Waals surface area (Å²) in [5.41, 5.74) is 5.11. The van der Waals surface area contributed by atoms with Crippen molar-refractivity contribution in [3.05, 3.63) is 0 Å². The zero-order valence-electron chi connectivity index (χ0n) is 5.17. The lowest BCUT2D eigenvalue weighted by Gasteiger charge is -2.35. The van der Waals surface area contributed by atoms with Crippen LogP contribution < -0.4 is 5.73 Å². The molecule has 9 heavy (non-hydrogen) atoms. The Labute approximate surface area is 53.8 Å². The summed E-state index contributed by atoms with van der Waals surface area (Å²) in [4.78, 5) is 1.92. The molecule has 1 fully saturated rings. The monoisotopic (exact) mass is 129 g/mol. The van der Waals surface area contributed by atoms with Crippen molar-refractivity contribution >= 4 is 5.84 Å². The fourth-order valence-electron chi connectivity index (χ4n) is 0.913. The van der Waals surface area contributed by atoms with E-state index in [-0.39, 0.29) is 11.9 Å². The number of nitrogens with zero attached hydrogens (tertiary/aromatic N) is 1. The largest absolute Gasteiger partial charge is 0.390 e. The Bertz CT molecular complexity index is 119. The molecule has 0 radical (unpaired) electrons. The van der Waals surface area contributed by atoms with Crippen LogP contribution in [0.4, 0.5) is 0 Å². The molecule has 0 unspecified atom stereocenters. The van der Waals surface area contributed by atoms with Crippen LogP contribution in [0.2, 0.25) is 0 Å². The molecule has 0 atom stereocenters. The lowest BCUT2D eigenvalue weighted by atomic mass is 10.2. The summed E-state index contributed by atoms with van der Waals surface area (Å²) in [7, 11) is 0. The molecular formula is C5H11N3O.